The average Bonchev–Trinajstić information content (AvgIpc) is 3.03. The molecule has 1 unspecified atom stereocenters. The second-order valence-corrected chi connectivity index (χ2v) is 7.92. The lowest BCUT2D eigenvalue weighted by Crippen LogP contribution is -2.30. The van der Waals surface area contributed by atoms with Crippen LogP contribution in [-0.2, 0) is 21.6 Å². The zero-order valence-corrected chi connectivity index (χ0v) is 15.4. The summed E-state index contributed by atoms with van der Waals surface area (Å²) in [5, 5.41) is 11.8. The predicted molar refractivity (Wildman–Crippen MR) is 97.8 cm³/mol. The Labute approximate surface area is 151 Å². The Morgan fingerprint density at radius 2 is 1.84 bits per heavy atom. The summed E-state index contributed by atoms with van der Waals surface area (Å²) >= 11 is 1.51. The number of thiophene rings is 1. The monoisotopic (exact) mass is 361 g/mol. The van der Waals surface area contributed by atoms with Gasteiger partial charge in [-0.2, -0.15) is 0 Å². The van der Waals surface area contributed by atoms with Crippen molar-refractivity contribution in [2.75, 3.05) is 0 Å². The maximum atomic E-state index is 12.1. The molecule has 2 rings (SSSR count). The maximum Gasteiger partial charge on any atom is 0.407 e. The van der Waals surface area contributed by atoms with Crippen LogP contribution >= 0.6 is 11.3 Å². The molecule has 1 aromatic heterocycles. The number of carboxylic acid groups (broad SMARTS) is 1. The summed E-state index contributed by atoms with van der Waals surface area (Å²) in [6, 6.07) is 12.6. The van der Waals surface area contributed by atoms with Crippen LogP contribution in [0.15, 0.2) is 42.5 Å². The van der Waals surface area contributed by atoms with Gasteiger partial charge in [0.15, 0.2) is 0 Å². The molecule has 5 nitrogen and oxygen atoms in total. The molecule has 0 fully saturated rings. The van der Waals surface area contributed by atoms with Crippen molar-refractivity contribution in [3.63, 3.8) is 0 Å². The molecule has 1 amide bonds. The summed E-state index contributed by atoms with van der Waals surface area (Å²) in [7, 11) is 0. The third-order valence-corrected chi connectivity index (χ3v) is 5.22. The normalized spacial score (nSPS) is 12.4. The molecule has 1 atom stereocenters. The van der Waals surface area contributed by atoms with Gasteiger partial charge >= 0.3 is 12.1 Å². The van der Waals surface area contributed by atoms with Crippen LogP contribution in [0.1, 0.15) is 48.6 Å². The fraction of sp³-hybridized carbons (Fsp3) is 0.368. The van der Waals surface area contributed by atoms with E-state index in [1.807, 2.05) is 42.5 Å². The summed E-state index contributed by atoms with van der Waals surface area (Å²) in [5.41, 5.74) is 0.850. The maximum absolute atomic E-state index is 12.1. The lowest BCUT2D eigenvalue weighted by atomic mass is 9.95. The number of hydrogen-bond donors (Lipinski definition) is 2. The largest absolute Gasteiger partial charge is 0.481 e. The van der Waals surface area contributed by atoms with E-state index in [2.05, 4.69) is 26.1 Å². The van der Waals surface area contributed by atoms with E-state index in [0.717, 1.165) is 15.3 Å². The van der Waals surface area contributed by atoms with Gasteiger partial charge in [-0.25, -0.2) is 4.79 Å². The second-order valence-electron chi connectivity index (χ2n) is 6.81. The molecular weight excluding hydrogens is 338 g/mol. The van der Waals surface area contributed by atoms with Gasteiger partial charge in [-0.05, 0) is 23.1 Å². The average molecular weight is 361 g/mol. The summed E-state index contributed by atoms with van der Waals surface area (Å²) in [5.74, 6) is -0.973. The quantitative estimate of drug-likeness (QED) is 0.795. The first-order valence-corrected chi connectivity index (χ1v) is 8.86. The summed E-state index contributed by atoms with van der Waals surface area (Å²) in [4.78, 5) is 25.2. The molecule has 1 heterocycles. The SMILES string of the molecule is CC(C)(C)c1ccc(C(CC(=O)O)NC(=O)OCc2ccccc2)s1. The second kappa shape index (κ2) is 8.16. The number of ether oxygens (including phenoxy) is 1. The highest BCUT2D eigenvalue weighted by Gasteiger charge is 2.23. The molecule has 25 heavy (non-hydrogen) atoms. The number of carbonyl (C=O) groups excluding carboxylic acids is 1. The minimum Gasteiger partial charge on any atom is -0.481 e. The Morgan fingerprint density at radius 1 is 1.16 bits per heavy atom. The number of alkyl carbamates (subject to hydrolysis) is 1. The Morgan fingerprint density at radius 3 is 2.40 bits per heavy atom. The van der Waals surface area contributed by atoms with Gasteiger partial charge in [0, 0.05) is 9.75 Å². The van der Waals surface area contributed by atoms with Gasteiger partial charge in [-0.3, -0.25) is 4.79 Å². The first-order chi connectivity index (χ1) is 11.8. The van der Waals surface area contributed by atoms with Crippen molar-refractivity contribution >= 4 is 23.4 Å². The fourth-order valence-corrected chi connectivity index (χ4v) is 3.36. The highest BCUT2D eigenvalue weighted by atomic mass is 32.1. The fourth-order valence-electron chi connectivity index (χ4n) is 2.25. The van der Waals surface area contributed by atoms with Crippen LogP contribution < -0.4 is 5.32 Å². The van der Waals surface area contributed by atoms with E-state index in [0.29, 0.717) is 0 Å². The third-order valence-electron chi connectivity index (χ3n) is 3.59. The molecule has 0 aliphatic heterocycles. The molecule has 0 spiro atoms. The first-order valence-electron chi connectivity index (χ1n) is 8.05. The molecule has 0 aliphatic carbocycles. The minimum atomic E-state index is -0.973. The molecule has 0 bridgehead atoms. The van der Waals surface area contributed by atoms with Gasteiger partial charge < -0.3 is 15.2 Å². The molecule has 2 N–H and O–H groups in total. The summed E-state index contributed by atoms with van der Waals surface area (Å²) in [6.07, 6.45) is -0.814. The van der Waals surface area contributed by atoms with E-state index < -0.39 is 18.1 Å². The lowest BCUT2D eigenvalue weighted by molar-refractivity contribution is -0.137. The number of rotatable bonds is 6. The standard InChI is InChI=1S/C19H23NO4S/c1-19(2,3)16-10-9-15(25-16)14(11-17(21)22)20-18(23)24-12-13-7-5-4-6-8-13/h4-10,14H,11-12H2,1-3H3,(H,20,23)(H,21,22). The third kappa shape index (κ3) is 5.90. The van der Waals surface area contributed by atoms with Crippen molar-refractivity contribution in [2.45, 2.75) is 45.3 Å². The Bertz CT molecular complexity index is 719. The highest BCUT2D eigenvalue weighted by molar-refractivity contribution is 7.12. The molecule has 0 saturated carbocycles. The van der Waals surface area contributed by atoms with Crippen LogP contribution in [0.2, 0.25) is 0 Å². The Kier molecular flexibility index (Phi) is 6.20. The van der Waals surface area contributed by atoms with Crippen LogP contribution in [0.3, 0.4) is 0 Å². The van der Waals surface area contributed by atoms with Crippen molar-refractivity contribution in [3.8, 4) is 0 Å². The van der Waals surface area contributed by atoms with Gasteiger partial charge in [0.05, 0.1) is 12.5 Å². The van der Waals surface area contributed by atoms with Crippen LogP contribution in [-0.4, -0.2) is 17.2 Å². The smallest absolute Gasteiger partial charge is 0.407 e. The summed E-state index contributed by atoms with van der Waals surface area (Å²) in [6.45, 7) is 6.42. The number of amides is 1. The highest BCUT2D eigenvalue weighted by Crippen LogP contribution is 2.33. The molecule has 0 radical (unpaired) electrons. The van der Waals surface area contributed by atoms with Gasteiger partial charge in [-0.15, -0.1) is 11.3 Å². The van der Waals surface area contributed by atoms with Gasteiger partial charge in [-0.1, -0.05) is 51.1 Å². The van der Waals surface area contributed by atoms with Gasteiger partial charge in [0.1, 0.15) is 6.61 Å². The Hall–Kier alpha value is -2.34. The predicted octanol–water partition coefficient (Wildman–Crippen LogP) is 4.49. The Balaban J connectivity index is 2.03. The van der Waals surface area contributed by atoms with Crippen molar-refractivity contribution in [1.82, 2.24) is 5.32 Å². The number of hydrogen-bond acceptors (Lipinski definition) is 4. The number of nitrogens with one attached hydrogen (secondary N) is 1. The van der Waals surface area contributed by atoms with Crippen LogP contribution in [0.25, 0.3) is 0 Å². The van der Waals surface area contributed by atoms with Crippen LogP contribution in [0.4, 0.5) is 4.79 Å². The molecular formula is C19H23NO4S. The van der Waals surface area contributed by atoms with Crippen LogP contribution in [0.5, 0.6) is 0 Å². The number of benzene rings is 1. The van der Waals surface area contributed by atoms with Crippen molar-refractivity contribution in [3.05, 3.63) is 57.8 Å². The number of carboxylic acids is 1. The molecule has 134 valence electrons. The molecule has 1 aromatic carbocycles. The minimum absolute atomic E-state index is 0.0233. The zero-order valence-electron chi connectivity index (χ0n) is 14.6. The van der Waals surface area contributed by atoms with E-state index in [4.69, 9.17) is 9.84 Å². The van der Waals surface area contributed by atoms with E-state index in [1.165, 1.54) is 11.3 Å². The van der Waals surface area contributed by atoms with Crippen molar-refractivity contribution in [2.24, 2.45) is 0 Å². The van der Waals surface area contributed by atoms with Gasteiger partial charge in [0.2, 0.25) is 0 Å². The molecule has 0 aliphatic rings. The number of carbonyl (C=O) groups is 2. The molecule has 6 heteroatoms. The molecule has 2 aromatic rings. The van der Waals surface area contributed by atoms with E-state index in [1.54, 1.807) is 0 Å². The van der Waals surface area contributed by atoms with Crippen molar-refractivity contribution in [1.29, 1.82) is 0 Å². The molecule has 0 saturated heterocycles. The topological polar surface area (TPSA) is 75.6 Å². The van der Waals surface area contributed by atoms with E-state index in [-0.39, 0.29) is 18.4 Å². The first kappa shape index (κ1) is 19.0. The van der Waals surface area contributed by atoms with Crippen LogP contribution in [0, 0.1) is 0 Å². The van der Waals surface area contributed by atoms with E-state index in [9.17, 15) is 9.59 Å². The summed E-state index contributed by atoms with van der Waals surface area (Å²) < 4.78 is 5.20. The zero-order chi connectivity index (χ0) is 18.4. The lowest BCUT2D eigenvalue weighted by Gasteiger charge is -2.17. The van der Waals surface area contributed by atoms with E-state index >= 15 is 0 Å². The number of aliphatic carboxylic acids is 1. The van der Waals surface area contributed by atoms with Crippen molar-refractivity contribution < 1.29 is 19.4 Å². The van der Waals surface area contributed by atoms with Gasteiger partial charge in [0.25, 0.3) is 0 Å².